The van der Waals surface area contributed by atoms with Gasteiger partial charge in [0.2, 0.25) is 0 Å². The highest BCUT2D eigenvalue weighted by atomic mass is 127. The van der Waals surface area contributed by atoms with Crippen LogP contribution < -0.4 is 10.6 Å². The molecule has 7 heteroatoms. The van der Waals surface area contributed by atoms with Crippen molar-refractivity contribution in [3.8, 4) is 0 Å². The molecular formula is C20H31IN4OS. The van der Waals surface area contributed by atoms with Gasteiger partial charge in [-0.1, -0.05) is 24.3 Å². The fourth-order valence-electron chi connectivity index (χ4n) is 2.31. The fourth-order valence-corrected chi connectivity index (χ4v) is 3.18. The zero-order valence-corrected chi connectivity index (χ0v) is 20.2. The lowest BCUT2D eigenvalue weighted by Gasteiger charge is -2.19. The van der Waals surface area contributed by atoms with Crippen LogP contribution in [0.2, 0.25) is 0 Å². The van der Waals surface area contributed by atoms with E-state index in [1.807, 2.05) is 6.92 Å². The molecule has 150 valence electrons. The predicted octanol–water partition coefficient (Wildman–Crippen LogP) is 4.56. The number of aliphatic imine (C=N–C) groups is 1. The summed E-state index contributed by atoms with van der Waals surface area (Å²) in [5.74, 6) is 0.770. The van der Waals surface area contributed by atoms with Crippen LogP contribution in [0.15, 0.2) is 29.3 Å². The number of hydrogen-bond acceptors (Lipinski definition) is 4. The highest BCUT2D eigenvalue weighted by molar-refractivity contribution is 14.0. The first-order valence-corrected chi connectivity index (χ1v) is 9.67. The normalized spacial score (nSPS) is 11.9. The topological polar surface area (TPSA) is 58.5 Å². The molecule has 1 aromatic carbocycles. The molecule has 2 N–H and O–H groups in total. The minimum atomic E-state index is -0.132. The molecule has 2 aromatic rings. The van der Waals surface area contributed by atoms with E-state index >= 15 is 0 Å². The smallest absolute Gasteiger partial charge is 0.191 e. The average molecular weight is 502 g/mol. The van der Waals surface area contributed by atoms with E-state index in [1.165, 1.54) is 16.0 Å². The van der Waals surface area contributed by atoms with Crippen molar-refractivity contribution in [2.45, 2.75) is 59.9 Å². The predicted molar refractivity (Wildman–Crippen MR) is 125 cm³/mol. The molecule has 0 radical (unpaired) electrons. The largest absolute Gasteiger partial charge is 0.371 e. The second-order valence-corrected chi connectivity index (χ2v) is 8.54. The van der Waals surface area contributed by atoms with Gasteiger partial charge >= 0.3 is 0 Å². The molecule has 27 heavy (non-hydrogen) atoms. The molecule has 0 unspecified atom stereocenters. The van der Waals surface area contributed by atoms with Crippen molar-refractivity contribution in [2.75, 3.05) is 7.05 Å². The Morgan fingerprint density at radius 1 is 1.15 bits per heavy atom. The minimum Gasteiger partial charge on any atom is -0.371 e. The van der Waals surface area contributed by atoms with Gasteiger partial charge in [-0.15, -0.1) is 35.3 Å². The van der Waals surface area contributed by atoms with Crippen LogP contribution in [0, 0.1) is 13.8 Å². The Balaban J connectivity index is 0.00000364. The van der Waals surface area contributed by atoms with Crippen molar-refractivity contribution in [3.05, 3.63) is 51.0 Å². The highest BCUT2D eigenvalue weighted by Gasteiger charge is 2.10. The second-order valence-electron chi connectivity index (χ2n) is 7.25. The molecule has 0 fully saturated rings. The maximum Gasteiger partial charge on any atom is 0.191 e. The SMILES string of the molecule is CN=C(NCc1cccc(COC(C)(C)C)c1)NCc1nc(C)c(C)s1.I. The van der Waals surface area contributed by atoms with Gasteiger partial charge in [0.05, 0.1) is 24.4 Å². The van der Waals surface area contributed by atoms with E-state index < -0.39 is 0 Å². The summed E-state index contributed by atoms with van der Waals surface area (Å²) in [6, 6.07) is 8.43. The van der Waals surface area contributed by atoms with Gasteiger partial charge in [-0.25, -0.2) is 4.98 Å². The lowest BCUT2D eigenvalue weighted by atomic mass is 10.1. The van der Waals surface area contributed by atoms with Gasteiger partial charge in [-0.2, -0.15) is 0 Å². The number of aromatic nitrogens is 1. The zero-order valence-electron chi connectivity index (χ0n) is 17.0. The molecule has 1 heterocycles. The van der Waals surface area contributed by atoms with Crippen molar-refractivity contribution < 1.29 is 4.74 Å². The Hall–Kier alpha value is -1.19. The molecule has 0 bridgehead atoms. The van der Waals surface area contributed by atoms with E-state index in [2.05, 4.69) is 72.6 Å². The Labute approximate surface area is 184 Å². The summed E-state index contributed by atoms with van der Waals surface area (Å²) in [6.45, 7) is 12.3. The summed E-state index contributed by atoms with van der Waals surface area (Å²) in [7, 11) is 1.78. The molecule has 0 spiro atoms. The van der Waals surface area contributed by atoms with Crippen LogP contribution in [0.4, 0.5) is 0 Å². The Bertz CT molecular complexity index is 733. The maximum absolute atomic E-state index is 5.85. The summed E-state index contributed by atoms with van der Waals surface area (Å²) >= 11 is 1.72. The second kappa shape index (κ2) is 11.0. The summed E-state index contributed by atoms with van der Waals surface area (Å²) in [5.41, 5.74) is 3.34. The number of thiazole rings is 1. The van der Waals surface area contributed by atoms with Crippen molar-refractivity contribution in [3.63, 3.8) is 0 Å². The van der Waals surface area contributed by atoms with Gasteiger partial charge in [0, 0.05) is 18.5 Å². The Kier molecular flexibility index (Phi) is 9.69. The lowest BCUT2D eigenvalue weighted by Crippen LogP contribution is -2.36. The quantitative estimate of drug-likeness (QED) is 0.346. The molecule has 0 aliphatic carbocycles. The molecule has 0 saturated carbocycles. The van der Waals surface area contributed by atoms with Crippen molar-refractivity contribution in [1.82, 2.24) is 15.6 Å². The first-order valence-electron chi connectivity index (χ1n) is 8.86. The van der Waals surface area contributed by atoms with Crippen LogP contribution in [-0.4, -0.2) is 23.6 Å². The lowest BCUT2D eigenvalue weighted by molar-refractivity contribution is -0.0149. The third kappa shape index (κ3) is 8.57. The number of benzene rings is 1. The van der Waals surface area contributed by atoms with Crippen LogP contribution in [0.3, 0.4) is 0 Å². The number of nitrogens with zero attached hydrogens (tertiary/aromatic N) is 2. The van der Waals surface area contributed by atoms with E-state index in [9.17, 15) is 0 Å². The van der Waals surface area contributed by atoms with E-state index in [-0.39, 0.29) is 29.6 Å². The Morgan fingerprint density at radius 2 is 1.81 bits per heavy atom. The summed E-state index contributed by atoms with van der Waals surface area (Å²) < 4.78 is 5.85. The molecule has 1 aromatic heterocycles. The number of ether oxygens (including phenoxy) is 1. The molecule has 0 aliphatic rings. The summed E-state index contributed by atoms with van der Waals surface area (Å²) in [5, 5.41) is 7.74. The summed E-state index contributed by atoms with van der Waals surface area (Å²) in [6.07, 6.45) is 0. The maximum atomic E-state index is 5.85. The van der Waals surface area contributed by atoms with Crippen molar-refractivity contribution in [1.29, 1.82) is 0 Å². The molecule has 0 aliphatic heterocycles. The fraction of sp³-hybridized carbons (Fsp3) is 0.500. The first kappa shape index (κ1) is 23.8. The van der Waals surface area contributed by atoms with Crippen LogP contribution >= 0.6 is 35.3 Å². The standard InChI is InChI=1S/C20H30N4OS.HI/c1-14-15(2)26-18(24-14)12-23-19(21-6)22-11-16-8-7-9-17(10-16)13-25-20(3,4)5;/h7-10H,11-13H2,1-6H3,(H2,21,22,23);1H. The zero-order chi connectivity index (χ0) is 19.2. The van der Waals surface area contributed by atoms with E-state index in [4.69, 9.17) is 4.74 Å². The van der Waals surface area contributed by atoms with E-state index in [0.717, 1.165) is 16.7 Å². The van der Waals surface area contributed by atoms with Gasteiger partial charge < -0.3 is 15.4 Å². The number of halogens is 1. The molecular weight excluding hydrogens is 471 g/mol. The van der Waals surface area contributed by atoms with Gasteiger partial charge in [0.15, 0.2) is 5.96 Å². The van der Waals surface area contributed by atoms with Crippen LogP contribution in [0.1, 0.15) is 47.5 Å². The average Bonchev–Trinajstić information content (AvgIpc) is 2.91. The first-order chi connectivity index (χ1) is 12.3. The number of hydrogen-bond donors (Lipinski definition) is 2. The highest BCUT2D eigenvalue weighted by Crippen LogP contribution is 2.16. The van der Waals surface area contributed by atoms with Gasteiger partial charge in [-0.3, -0.25) is 4.99 Å². The van der Waals surface area contributed by atoms with E-state index in [0.29, 0.717) is 19.7 Å². The third-order valence-corrected chi connectivity index (χ3v) is 4.90. The molecule has 0 amide bonds. The Morgan fingerprint density at radius 3 is 2.41 bits per heavy atom. The van der Waals surface area contributed by atoms with Gasteiger partial charge in [0.25, 0.3) is 0 Å². The van der Waals surface area contributed by atoms with Crippen molar-refractivity contribution >= 4 is 41.3 Å². The summed E-state index contributed by atoms with van der Waals surface area (Å²) in [4.78, 5) is 10.1. The number of aryl methyl sites for hydroxylation is 2. The number of rotatable bonds is 6. The molecule has 0 saturated heterocycles. The monoisotopic (exact) mass is 502 g/mol. The van der Waals surface area contributed by atoms with Crippen LogP contribution in [0.5, 0.6) is 0 Å². The number of nitrogens with one attached hydrogen (secondary N) is 2. The van der Waals surface area contributed by atoms with Gasteiger partial charge in [-0.05, 0) is 45.7 Å². The molecule has 0 atom stereocenters. The molecule has 2 rings (SSSR count). The van der Waals surface area contributed by atoms with Crippen LogP contribution in [0.25, 0.3) is 0 Å². The van der Waals surface area contributed by atoms with Crippen molar-refractivity contribution in [2.24, 2.45) is 4.99 Å². The minimum absolute atomic E-state index is 0. The van der Waals surface area contributed by atoms with Gasteiger partial charge in [0.1, 0.15) is 5.01 Å². The molecule has 5 nitrogen and oxygen atoms in total. The third-order valence-electron chi connectivity index (χ3n) is 3.83. The van der Waals surface area contributed by atoms with Crippen LogP contribution in [-0.2, 0) is 24.4 Å². The van der Waals surface area contributed by atoms with E-state index in [1.54, 1.807) is 18.4 Å². The number of guanidine groups is 1.